The van der Waals surface area contributed by atoms with Crippen LogP contribution in [0.1, 0.15) is 17.7 Å². The van der Waals surface area contributed by atoms with Crippen LogP contribution in [0.4, 0.5) is 10.1 Å². The molecule has 1 amide bonds. The number of nitrogens with zero attached hydrogens (tertiary/aromatic N) is 1. The zero-order valence-electron chi connectivity index (χ0n) is 16.7. The SMILES string of the molecule is COc1cc(Cl)c(NC(=O)CCc2c(C)[nH]n(-c3ccc(F)cc3)c2=O)cc1OC. The molecule has 1 heterocycles. The van der Waals surface area contributed by atoms with Gasteiger partial charge < -0.3 is 14.8 Å². The second kappa shape index (κ2) is 9.04. The van der Waals surface area contributed by atoms with Crippen molar-refractivity contribution in [1.82, 2.24) is 9.78 Å². The number of benzene rings is 2. The molecule has 2 aromatic carbocycles. The van der Waals surface area contributed by atoms with Crippen LogP contribution in [0.15, 0.2) is 41.2 Å². The molecule has 0 saturated carbocycles. The van der Waals surface area contributed by atoms with Gasteiger partial charge in [-0.25, -0.2) is 9.07 Å². The largest absolute Gasteiger partial charge is 0.493 e. The summed E-state index contributed by atoms with van der Waals surface area (Å²) in [7, 11) is 2.97. The van der Waals surface area contributed by atoms with Gasteiger partial charge in [-0.05, 0) is 37.6 Å². The zero-order chi connectivity index (χ0) is 21.8. The van der Waals surface area contributed by atoms with Crippen LogP contribution in [0.5, 0.6) is 11.5 Å². The fourth-order valence-corrected chi connectivity index (χ4v) is 3.25. The predicted octanol–water partition coefficient (Wildman–Crippen LogP) is 3.86. The summed E-state index contributed by atoms with van der Waals surface area (Å²) in [5.74, 6) is 0.184. The Morgan fingerprint density at radius 3 is 2.43 bits per heavy atom. The minimum Gasteiger partial charge on any atom is -0.493 e. The van der Waals surface area contributed by atoms with Gasteiger partial charge in [0.25, 0.3) is 5.56 Å². The number of halogens is 2. The summed E-state index contributed by atoms with van der Waals surface area (Å²) in [5, 5.41) is 5.98. The molecule has 3 aromatic rings. The van der Waals surface area contributed by atoms with E-state index in [1.807, 2.05) is 0 Å². The van der Waals surface area contributed by atoms with Crippen LogP contribution in [0.25, 0.3) is 5.69 Å². The Morgan fingerprint density at radius 2 is 1.80 bits per heavy atom. The Labute approximate surface area is 177 Å². The Morgan fingerprint density at radius 1 is 1.17 bits per heavy atom. The maximum absolute atomic E-state index is 13.1. The molecule has 9 heteroatoms. The smallest absolute Gasteiger partial charge is 0.274 e. The average molecular weight is 434 g/mol. The number of anilines is 1. The minimum atomic E-state index is -0.388. The Balaban J connectivity index is 1.73. The summed E-state index contributed by atoms with van der Waals surface area (Å²) >= 11 is 6.20. The number of aromatic amines is 1. The van der Waals surface area contributed by atoms with E-state index in [9.17, 15) is 14.0 Å². The lowest BCUT2D eigenvalue weighted by molar-refractivity contribution is -0.116. The van der Waals surface area contributed by atoms with Gasteiger partial charge in [0, 0.05) is 29.8 Å². The maximum Gasteiger partial charge on any atom is 0.274 e. The van der Waals surface area contributed by atoms with E-state index in [4.69, 9.17) is 21.1 Å². The van der Waals surface area contributed by atoms with E-state index in [1.54, 1.807) is 19.1 Å². The van der Waals surface area contributed by atoms with E-state index in [0.29, 0.717) is 39.2 Å². The van der Waals surface area contributed by atoms with Gasteiger partial charge in [-0.3, -0.25) is 14.7 Å². The number of hydrogen-bond acceptors (Lipinski definition) is 4. The van der Waals surface area contributed by atoms with Gasteiger partial charge in [-0.1, -0.05) is 11.6 Å². The summed E-state index contributed by atoms with van der Waals surface area (Å²) in [4.78, 5) is 25.1. The van der Waals surface area contributed by atoms with Crippen molar-refractivity contribution in [2.75, 3.05) is 19.5 Å². The fraction of sp³-hybridized carbons (Fsp3) is 0.238. The van der Waals surface area contributed by atoms with Crippen molar-refractivity contribution < 1.29 is 18.7 Å². The molecule has 0 aliphatic heterocycles. The van der Waals surface area contributed by atoms with E-state index in [2.05, 4.69) is 10.4 Å². The van der Waals surface area contributed by atoms with Crippen LogP contribution >= 0.6 is 11.6 Å². The molecular weight excluding hydrogens is 413 g/mol. The van der Waals surface area contributed by atoms with Crippen molar-refractivity contribution in [2.24, 2.45) is 0 Å². The van der Waals surface area contributed by atoms with Gasteiger partial charge >= 0.3 is 0 Å². The Bertz CT molecular complexity index is 1120. The highest BCUT2D eigenvalue weighted by Gasteiger charge is 2.16. The monoisotopic (exact) mass is 433 g/mol. The van der Waals surface area contributed by atoms with Crippen molar-refractivity contribution >= 4 is 23.2 Å². The summed E-state index contributed by atoms with van der Waals surface area (Å²) in [6.45, 7) is 1.75. The van der Waals surface area contributed by atoms with E-state index in [0.717, 1.165) is 0 Å². The fourth-order valence-electron chi connectivity index (χ4n) is 3.05. The molecule has 0 unspecified atom stereocenters. The van der Waals surface area contributed by atoms with Crippen LogP contribution in [0.2, 0.25) is 5.02 Å². The maximum atomic E-state index is 13.1. The minimum absolute atomic E-state index is 0.0715. The Hall–Kier alpha value is -3.26. The molecule has 0 spiro atoms. The standard InChI is InChI=1S/C21H21ClFN3O4/c1-12-15(21(28)26(25-12)14-6-4-13(23)5-7-14)8-9-20(27)24-17-11-19(30-3)18(29-2)10-16(17)22/h4-7,10-11,25H,8-9H2,1-3H3,(H,24,27). The van der Waals surface area contributed by atoms with Crippen LogP contribution < -0.4 is 20.3 Å². The van der Waals surface area contributed by atoms with E-state index >= 15 is 0 Å². The van der Waals surface area contributed by atoms with E-state index < -0.39 is 0 Å². The number of H-pyrrole nitrogens is 1. The number of nitrogens with one attached hydrogen (secondary N) is 2. The van der Waals surface area contributed by atoms with Gasteiger partial charge in [0.15, 0.2) is 11.5 Å². The topological polar surface area (TPSA) is 85.4 Å². The first kappa shape index (κ1) is 21.4. The molecule has 0 aliphatic rings. The molecule has 7 nitrogen and oxygen atoms in total. The average Bonchev–Trinajstić information content (AvgIpc) is 3.01. The summed E-state index contributed by atoms with van der Waals surface area (Å²) < 4.78 is 24.8. The molecule has 0 radical (unpaired) electrons. The molecule has 0 aliphatic carbocycles. The predicted molar refractivity (Wildman–Crippen MR) is 113 cm³/mol. The van der Waals surface area contributed by atoms with Crippen molar-refractivity contribution in [2.45, 2.75) is 19.8 Å². The molecule has 30 heavy (non-hydrogen) atoms. The molecule has 1 aromatic heterocycles. The lowest BCUT2D eigenvalue weighted by atomic mass is 10.1. The van der Waals surface area contributed by atoms with Crippen LogP contribution in [-0.4, -0.2) is 29.9 Å². The summed E-state index contributed by atoms with van der Waals surface area (Å²) in [6.07, 6.45) is 0.300. The number of aromatic nitrogens is 2. The van der Waals surface area contributed by atoms with Crippen LogP contribution in [0.3, 0.4) is 0 Å². The number of aryl methyl sites for hydroxylation is 1. The number of carbonyl (C=O) groups is 1. The highest BCUT2D eigenvalue weighted by molar-refractivity contribution is 6.34. The number of ether oxygens (including phenoxy) is 2. The second-order valence-electron chi connectivity index (χ2n) is 6.57. The van der Waals surface area contributed by atoms with Gasteiger partial charge in [0.1, 0.15) is 5.82 Å². The van der Waals surface area contributed by atoms with Gasteiger partial charge in [0.2, 0.25) is 5.91 Å². The molecule has 0 atom stereocenters. The molecular formula is C21H21ClFN3O4. The third kappa shape index (κ3) is 4.49. The number of carbonyl (C=O) groups excluding carboxylic acids is 1. The van der Waals surface area contributed by atoms with Gasteiger partial charge in [-0.2, -0.15) is 0 Å². The quantitative estimate of drug-likeness (QED) is 0.592. The van der Waals surface area contributed by atoms with Crippen LogP contribution in [0, 0.1) is 12.7 Å². The van der Waals surface area contributed by atoms with Crippen molar-refractivity contribution in [1.29, 1.82) is 0 Å². The highest BCUT2D eigenvalue weighted by Crippen LogP contribution is 2.36. The molecule has 158 valence electrons. The zero-order valence-corrected chi connectivity index (χ0v) is 17.5. The molecule has 2 N–H and O–H groups in total. The van der Waals surface area contributed by atoms with E-state index in [-0.39, 0.29) is 30.1 Å². The molecule has 3 rings (SSSR count). The normalized spacial score (nSPS) is 10.7. The van der Waals surface area contributed by atoms with E-state index in [1.165, 1.54) is 43.2 Å². The first-order valence-electron chi connectivity index (χ1n) is 9.11. The third-order valence-electron chi connectivity index (χ3n) is 4.63. The number of rotatable bonds is 7. The van der Waals surface area contributed by atoms with Crippen molar-refractivity contribution in [3.63, 3.8) is 0 Å². The Kier molecular flexibility index (Phi) is 6.47. The third-order valence-corrected chi connectivity index (χ3v) is 4.94. The lowest BCUT2D eigenvalue weighted by Crippen LogP contribution is -2.19. The second-order valence-corrected chi connectivity index (χ2v) is 6.97. The summed E-state index contributed by atoms with van der Waals surface area (Å²) in [5.41, 5.74) is 1.73. The molecule has 0 bridgehead atoms. The summed E-state index contributed by atoms with van der Waals surface area (Å²) in [6, 6.07) is 8.68. The van der Waals surface area contributed by atoms with Crippen molar-refractivity contribution in [3.05, 3.63) is 68.8 Å². The van der Waals surface area contributed by atoms with Gasteiger partial charge in [0.05, 0.1) is 30.6 Å². The molecule has 0 saturated heterocycles. The first-order valence-corrected chi connectivity index (χ1v) is 9.49. The van der Waals surface area contributed by atoms with Crippen LogP contribution in [-0.2, 0) is 11.2 Å². The molecule has 0 fully saturated rings. The number of amides is 1. The number of hydrogen-bond donors (Lipinski definition) is 2. The van der Waals surface area contributed by atoms with Gasteiger partial charge in [-0.15, -0.1) is 0 Å². The first-order chi connectivity index (χ1) is 14.3. The number of methoxy groups -OCH3 is 2. The highest BCUT2D eigenvalue weighted by atomic mass is 35.5. The lowest BCUT2D eigenvalue weighted by Gasteiger charge is -2.12. The van der Waals surface area contributed by atoms with Crippen molar-refractivity contribution in [3.8, 4) is 17.2 Å².